The summed E-state index contributed by atoms with van der Waals surface area (Å²) in [5.41, 5.74) is 1.34. The minimum Gasteiger partial charge on any atom is -0.435 e. The van der Waals surface area contributed by atoms with Gasteiger partial charge in [-0.1, -0.05) is 35.9 Å². The fourth-order valence-electron chi connectivity index (χ4n) is 2.67. The molecule has 162 valence electrons. The number of amides is 1. The highest BCUT2D eigenvalue weighted by Gasteiger charge is 2.10. The summed E-state index contributed by atoms with van der Waals surface area (Å²) < 4.78 is 28.9. The number of nitrogens with zero attached hydrogens (tertiary/aromatic N) is 2. The molecule has 0 bridgehead atoms. The number of nitrogens with one attached hydrogen (secondary N) is 2. The largest absolute Gasteiger partial charge is 0.435 e. The normalized spacial score (nSPS) is 11.3. The Morgan fingerprint density at radius 3 is 2.50 bits per heavy atom. The van der Waals surface area contributed by atoms with E-state index in [1.54, 1.807) is 36.4 Å². The highest BCUT2D eigenvalue weighted by atomic mass is 35.5. The van der Waals surface area contributed by atoms with E-state index in [-0.39, 0.29) is 11.7 Å². The summed E-state index contributed by atoms with van der Waals surface area (Å²) in [5, 5.41) is 6.38. The maximum Gasteiger partial charge on any atom is 0.387 e. The van der Waals surface area contributed by atoms with Gasteiger partial charge in [-0.3, -0.25) is 9.79 Å². The lowest BCUT2D eigenvalue weighted by Gasteiger charge is -2.22. The fourth-order valence-corrected chi connectivity index (χ4v) is 2.89. The number of rotatable bonds is 9. The van der Waals surface area contributed by atoms with E-state index in [4.69, 9.17) is 11.6 Å². The molecule has 0 atom stereocenters. The molecule has 0 spiro atoms. The van der Waals surface area contributed by atoms with Crippen molar-refractivity contribution in [2.45, 2.75) is 20.1 Å². The van der Waals surface area contributed by atoms with Crippen LogP contribution in [-0.2, 0) is 6.54 Å². The number of guanidine groups is 1. The average molecular weight is 439 g/mol. The summed E-state index contributed by atoms with van der Waals surface area (Å²) in [4.78, 5) is 18.6. The third kappa shape index (κ3) is 7.51. The summed E-state index contributed by atoms with van der Waals surface area (Å²) in [6, 6.07) is 13.3. The molecule has 0 aliphatic carbocycles. The van der Waals surface area contributed by atoms with Crippen molar-refractivity contribution >= 4 is 23.5 Å². The van der Waals surface area contributed by atoms with Crippen LogP contribution in [0.3, 0.4) is 0 Å². The summed E-state index contributed by atoms with van der Waals surface area (Å²) in [5.74, 6) is 0.531. The zero-order valence-electron chi connectivity index (χ0n) is 16.9. The summed E-state index contributed by atoms with van der Waals surface area (Å²) in [7, 11) is 1.87. The lowest BCUT2D eigenvalue weighted by atomic mass is 10.2. The number of hydrogen-bond donors (Lipinski definition) is 2. The Bertz CT molecular complexity index is 847. The lowest BCUT2D eigenvalue weighted by Crippen LogP contribution is -2.39. The highest BCUT2D eigenvalue weighted by molar-refractivity contribution is 6.33. The third-order valence-electron chi connectivity index (χ3n) is 4.04. The molecule has 1 amide bonds. The van der Waals surface area contributed by atoms with Gasteiger partial charge < -0.3 is 20.3 Å². The summed E-state index contributed by atoms with van der Waals surface area (Å²) in [6.07, 6.45) is 0. The molecule has 2 aromatic rings. The van der Waals surface area contributed by atoms with Crippen LogP contribution in [0.25, 0.3) is 0 Å². The smallest absolute Gasteiger partial charge is 0.387 e. The molecule has 0 aliphatic heterocycles. The van der Waals surface area contributed by atoms with E-state index < -0.39 is 6.61 Å². The monoisotopic (exact) mass is 438 g/mol. The Hall–Kier alpha value is -2.87. The fraction of sp³-hybridized carbons (Fsp3) is 0.333. The number of ether oxygens (including phenoxy) is 1. The number of alkyl halides is 2. The standard InChI is InChI=1S/C21H25ClF2N4O2/c1-3-25-21(27-13-12-26-19(29)17-6-4-5-7-18(17)22)28(2)14-15-8-10-16(11-9-15)30-20(23)24/h4-11,20H,3,12-14H2,1-2H3,(H,25,27)(H,26,29). The van der Waals surface area contributed by atoms with E-state index >= 15 is 0 Å². The number of benzene rings is 2. The first-order valence-corrected chi connectivity index (χ1v) is 9.84. The summed E-state index contributed by atoms with van der Waals surface area (Å²) >= 11 is 6.03. The van der Waals surface area contributed by atoms with Crippen LogP contribution in [0.4, 0.5) is 8.78 Å². The van der Waals surface area contributed by atoms with Crippen molar-refractivity contribution in [3.05, 3.63) is 64.7 Å². The van der Waals surface area contributed by atoms with Crippen molar-refractivity contribution in [3.8, 4) is 5.75 Å². The molecular weight excluding hydrogens is 414 g/mol. The first-order valence-electron chi connectivity index (χ1n) is 9.46. The van der Waals surface area contributed by atoms with Gasteiger partial charge in [0.05, 0.1) is 17.1 Å². The van der Waals surface area contributed by atoms with Crippen molar-refractivity contribution in [2.75, 3.05) is 26.7 Å². The minimum absolute atomic E-state index is 0.117. The predicted molar refractivity (Wildman–Crippen MR) is 114 cm³/mol. The number of carbonyl (C=O) groups is 1. The Morgan fingerprint density at radius 2 is 1.87 bits per heavy atom. The van der Waals surface area contributed by atoms with Gasteiger partial charge in [-0.25, -0.2) is 0 Å². The highest BCUT2D eigenvalue weighted by Crippen LogP contribution is 2.16. The van der Waals surface area contributed by atoms with Gasteiger partial charge in [-0.2, -0.15) is 8.78 Å². The third-order valence-corrected chi connectivity index (χ3v) is 4.37. The van der Waals surface area contributed by atoms with Crippen LogP contribution >= 0.6 is 11.6 Å². The number of carbonyl (C=O) groups excluding carboxylic acids is 1. The van der Waals surface area contributed by atoms with Gasteiger partial charge in [0.1, 0.15) is 5.75 Å². The van der Waals surface area contributed by atoms with Gasteiger partial charge in [0.25, 0.3) is 5.91 Å². The van der Waals surface area contributed by atoms with Gasteiger partial charge in [-0.05, 0) is 36.8 Å². The van der Waals surface area contributed by atoms with Crippen LogP contribution in [0, 0.1) is 0 Å². The summed E-state index contributed by atoms with van der Waals surface area (Å²) in [6.45, 7) is 1.04. The molecule has 2 N–H and O–H groups in total. The topological polar surface area (TPSA) is 66.0 Å². The Morgan fingerprint density at radius 1 is 1.17 bits per heavy atom. The van der Waals surface area contributed by atoms with Gasteiger partial charge in [0.15, 0.2) is 5.96 Å². The van der Waals surface area contributed by atoms with Crippen molar-refractivity contribution < 1.29 is 18.3 Å². The van der Waals surface area contributed by atoms with Crippen LogP contribution in [0.5, 0.6) is 5.75 Å². The molecule has 0 saturated heterocycles. The van der Waals surface area contributed by atoms with Crippen LogP contribution in [0.2, 0.25) is 5.02 Å². The average Bonchev–Trinajstić information content (AvgIpc) is 2.71. The zero-order valence-corrected chi connectivity index (χ0v) is 17.6. The Labute approximate surface area is 179 Å². The molecule has 30 heavy (non-hydrogen) atoms. The quantitative estimate of drug-likeness (QED) is 0.355. The molecule has 0 fully saturated rings. The van der Waals surface area contributed by atoms with Crippen molar-refractivity contribution in [1.82, 2.24) is 15.5 Å². The maximum absolute atomic E-state index is 12.2. The minimum atomic E-state index is -2.84. The van der Waals surface area contributed by atoms with E-state index in [2.05, 4.69) is 20.4 Å². The van der Waals surface area contributed by atoms with Gasteiger partial charge in [-0.15, -0.1) is 0 Å². The van der Waals surface area contributed by atoms with E-state index in [1.165, 1.54) is 12.1 Å². The molecule has 0 aromatic heterocycles. The van der Waals surface area contributed by atoms with Crippen LogP contribution in [0.1, 0.15) is 22.8 Å². The molecule has 2 rings (SSSR count). The second kappa shape index (κ2) is 12.0. The van der Waals surface area contributed by atoms with Crippen molar-refractivity contribution in [3.63, 3.8) is 0 Å². The molecule has 0 saturated carbocycles. The Kier molecular flexibility index (Phi) is 9.34. The molecule has 0 heterocycles. The second-order valence-corrected chi connectivity index (χ2v) is 6.76. The molecular formula is C21H25ClF2N4O2. The second-order valence-electron chi connectivity index (χ2n) is 6.35. The first kappa shape index (κ1) is 23.4. The number of aliphatic imine (C=N–C) groups is 1. The van der Waals surface area contributed by atoms with E-state index in [1.807, 2.05) is 18.9 Å². The van der Waals surface area contributed by atoms with Crippen molar-refractivity contribution in [1.29, 1.82) is 0 Å². The van der Waals surface area contributed by atoms with E-state index in [0.717, 1.165) is 5.56 Å². The van der Waals surface area contributed by atoms with Crippen LogP contribution < -0.4 is 15.4 Å². The predicted octanol–water partition coefficient (Wildman–Crippen LogP) is 3.77. The van der Waals surface area contributed by atoms with Gasteiger partial charge >= 0.3 is 6.61 Å². The van der Waals surface area contributed by atoms with Crippen LogP contribution in [0.15, 0.2) is 53.5 Å². The SMILES string of the molecule is CCNC(=NCCNC(=O)c1ccccc1Cl)N(C)Cc1ccc(OC(F)F)cc1. The van der Waals surface area contributed by atoms with Gasteiger partial charge in [0, 0.05) is 26.7 Å². The van der Waals surface area contributed by atoms with E-state index in [0.29, 0.717) is 42.7 Å². The van der Waals surface area contributed by atoms with Crippen molar-refractivity contribution in [2.24, 2.45) is 4.99 Å². The number of hydrogen-bond acceptors (Lipinski definition) is 3. The van der Waals surface area contributed by atoms with E-state index in [9.17, 15) is 13.6 Å². The molecule has 0 unspecified atom stereocenters. The zero-order chi connectivity index (χ0) is 21.9. The molecule has 2 aromatic carbocycles. The van der Waals surface area contributed by atoms with Gasteiger partial charge in [0.2, 0.25) is 0 Å². The molecule has 9 heteroatoms. The first-order chi connectivity index (χ1) is 14.4. The Balaban J connectivity index is 1.89. The molecule has 0 radical (unpaired) electrons. The number of halogens is 3. The molecule has 6 nitrogen and oxygen atoms in total. The lowest BCUT2D eigenvalue weighted by molar-refractivity contribution is -0.0498. The van der Waals surface area contributed by atoms with Crippen LogP contribution in [-0.4, -0.2) is 50.1 Å². The molecule has 0 aliphatic rings. The maximum atomic E-state index is 12.2.